The van der Waals surface area contributed by atoms with Crippen molar-refractivity contribution in [3.8, 4) is 5.95 Å². The Labute approximate surface area is 209 Å². The molecule has 1 unspecified atom stereocenters. The van der Waals surface area contributed by atoms with E-state index >= 15 is 0 Å². The lowest BCUT2D eigenvalue weighted by Gasteiger charge is -2.21. The molecule has 1 aliphatic rings. The molecule has 3 aromatic heterocycles. The van der Waals surface area contributed by atoms with Crippen LogP contribution in [0.5, 0.6) is 0 Å². The number of alkyl halides is 5. The molecule has 0 spiro atoms. The van der Waals surface area contributed by atoms with Gasteiger partial charge in [-0.15, -0.1) is 0 Å². The van der Waals surface area contributed by atoms with Crippen LogP contribution in [-0.2, 0) is 16.6 Å². The Morgan fingerprint density at radius 2 is 1.92 bits per heavy atom. The first-order chi connectivity index (χ1) is 17.3. The predicted octanol–water partition coefficient (Wildman–Crippen LogP) is 4.23. The minimum atomic E-state index is -5.70. The summed E-state index contributed by atoms with van der Waals surface area (Å²) in [4.78, 5) is 29.8. The number of fused-ring (bicyclic) bond motifs is 2. The van der Waals surface area contributed by atoms with Gasteiger partial charge in [0, 0.05) is 35.4 Å². The van der Waals surface area contributed by atoms with Gasteiger partial charge in [0.15, 0.2) is 0 Å². The molecule has 192 valence electrons. The van der Waals surface area contributed by atoms with E-state index in [1.165, 1.54) is 36.8 Å². The Balaban J connectivity index is 1.61. The van der Waals surface area contributed by atoms with Gasteiger partial charge in [-0.05, 0) is 31.5 Å². The van der Waals surface area contributed by atoms with Gasteiger partial charge >= 0.3 is 12.1 Å². The maximum absolute atomic E-state index is 13.6. The van der Waals surface area contributed by atoms with Crippen LogP contribution in [0.3, 0.4) is 0 Å². The van der Waals surface area contributed by atoms with E-state index in [1.54, 1.807) is 6.92 Å². The smallest absolute Gasteiger partial charge is 0.383 e. The number of nitrogens with one attached hydrogen (secondary N) is 1. The van der Waals surface area contributed by atoms with Gasteiger partial charge in [0.1, 0.15) is 17.1 Å². The zero-order valence-corrected chi connectivity index (χ0v) is 19.6. The van der Waals surface area contributed by atoms with Gasteiger partial charge in [-0.2, -0.15) is 41.7 Å². The van der Waals surface area contributed by atoms with E-state index in [9.17, 15) is 26.7 Å². The molecule has 1 aliphatic heterocycles. The van der Waals surface area contributed by atoms with Crippen LogP contribution in [0.4, 0.5) is 33.6 Å². The highest BCUT2D eigenvalue weighted by atomic mass is 35.5. The molecule has 1 atom stereocenters. The van der Waals surface area contributed by atoms with Crippen molar-refractivity contribution in [1.82, 2.24) is 29.7 Å². The summed E-state index contributed by atoms with van der Waals surface area (Å²) in [6, 6.07) is 4.37. The minimum Gasteiger partial charge on any atom is -0.383 e. The van der Waals surface area contributed by atoms with Crippen LogP contribution in [0.25, 0.3) is 16.9 Å². The lowest BCUT2D eigenvalue weighted by atomic mass is 9.81. The summed E-state index contributed by atoms with van der Waals surface area (Å²) in [6.07, 6.45) is -3.65. The molecular weight excluding hydrogens is 523 g/mol. The number of benzene rings is 1. The third-order valence-corrected chi connectivity index (χ3v) is 6.42. The average molecular weight is 539 g/mol. The second-order valence-electron chi connectivity index (χ2n) is 8.52. The van der Waals surface area contributed by atoms with Crippen LogP contribution in [0, 0.1) is 0 Å². The zero-order valence-electron chi connectivity index (χ0n) is 18.8. The van der Waals surface area contributed by atoms with Crippen LogP contribution in [-0.4, -0.2) is 47.7 Å². The lowest BCUT2D eigenvalue weighted by Crippen LogP contribution is -2.36. The molecule has 4 aromatic rings. The number of hydrogen-bond acceptors (Lipinski definition) is 7. The highest BCUT2D eigenvalue weighted by molar-refractivity contribution is 6.31. The molecule has 0 radical (unpaired) electrons. The molecular formula is C22H16ClF5N8O. The van der Waals surface area contributed by atoms with E-state index in [0.717, 1.165) is 4.68 Å². The van der Waals surface area contributed by atoms with Crippen LogP contribution in [0.1, 0.15) is 30.3 Å². The van der Waals surface area contributed by atoms with E-state index in [2.05, 4.69) is 30.4 Å². The van der Waals surface area contributed by atoms with E-state index < -0.39 is 36.3 Å². The number of nitrogens with zero attached hydrogens (tertiary/aromatic N) is 6. The van der Waals surface area contributed by atoms with Crippen LogP contribution in [0.15, 0.2) is 36.8 Å². The van der Waals surface area contributed by atoms with Crippen LogP contribution < -0.4 is 11.1 Å². The van der Waals surface area contributed by atoms with Crippen LogP contribution >= 0.6 is 11.6 Å². The largest absolute Gasteiger partial charge is 0.453 e. The van der Waals surface area contributed by atoms with E-state index in [-0.39, 0.29) is 44.8 Å². The monoisotopic (exact) mass is 538 g/mol. The van der Waals surface area contributed by atoms with Crippen molar-refractivity contribution in [2.75, 3.05) is 11.1 Å². The first-order valence-electron chi connectivity index (χ1n) is 10.7. The number of carbonyl (C=O) groups is 1. The van der Waals surface area contributed by atoms with Crippen LogP contribution in [0.2, 0.25) is 5.02 Å². The van der Waals surface area contributed by atoms with Gasteiger partial charge in [0.05, 0.1) is 22.5 Å². The average Bonchev–Trinajstić information content (AvgIpc) is 3.32. The first-order valence-corrected chi connectivity index (χ1v) is 11.1. The molecule has 0 aliphatic carbocycles. The number of rotatable bonds is 5. The standard InChI is InChI=1S/C22H16ClF5N8O/c1-20(14-9-30-6-7-31-14)15-16(29)32-19(34-17(15)33-18(20)37)36-13-3-2-10(23)8-11(13)12(35-36)4-5-21(24,25)22(26,27)28/h2-3,6-9H,4-5H2,1H3,(H3,29,32,33,34,37). The minimum absolute atomic E-state index is 0.0717. The molecule has 1 aromatic carbocycles. The number of aryl methyl sites for hydroxylation is 1. The molecule has 5 rings (SSSR count). The zero-order chi connectivity index (χ0) is 26.8. The third kappa shape index (κ3) is 3.91. The SMILES string of the molecule is CC1(c2cnccn2)C(=O)Nc2nc(-n3nc(CCC(F)(F)C(F)(F)F)c4cc(Cl)ccc43)nc(N)c21. The number of nitrogen functional groups attached to an aromatic ring is 1. The van der Waals surface area contributed by atoms with Crippen molar-refractivity contribution < 1.29 is 26.7 Å². The summed E-state index contributed by atoms with van der Waals surface area (Å²) in [5.41, 5.74) is 5.68. The van der Waals surface area contributed by atoms with E-state index in [4.69, 9.17) is 17.3 Å². The van der Waals surface area contributed by atoms with Gasteiger partial charge in [-0.3, -0.25) is 14.8 Å². The molecule has 0 fully saturated rings. The summed E-state index contributed by atoms with van der Waals surface area (Å²) in [5, 5.41) is 7.30. The fraction of sp³-hybridized carbons (Fsp3) is 0.273. The predicted molar refractivity (Wildman–Crippen MR) is 123 cm³/mol. The van der Waals surface area contributed by atoms with E-state index in [0.29, 0.717) is 5.69 Å². The number of anilines is 2. The number of halogens is 6. The summed E-state index contributed by atoms with van der Waals surface area (Å²) >= 11 is 6.04. The van der Waals surface area contributed by atoms with Gasteiger partial charge in [-0.25, -0.2) is 0 Å². The van der Waals surface area contributed by atoms with Crippen molar-refractivity contribution >= 4 is 40.0 Å². The summed E-state index contributed by atoms with van der Waals surface area (Å²) in [7, 11) is 0. The normalized spacial score (nSPS) is 17.8. The highest BCUT2D eigenvalue weighted by Gasteiger charge is 2.56. The number of amides is 1. The molecule has 0 saturated heterocycles. The summed E-state index contributed by atoms with van der Waals surface area (Å²) < 4.78 is 66.4. The maximum atomic E-state index is 13.6. The van der Waals surface area contributed by atoms with Crippen molar-refractivity contribution in [1.29, 1.82) is 0 Å². The maximum Gasteiger partial charge on any atom is 0.453 e. The number of nitrogens with two attached hydrogens (primary N) is 1. The third-order valence-electron chi connectivity index (χ3n) is 6.19. The molecule has 4 heterocycles. The Morgan fingerprint density at radius 1 is 1.16 bits per heavy atom. The topological polar surface area (TPSA) is 125 Å². The number of aromatic nitrogens is 6. The van der Waals surface area contributed by atoms with Gasteiger partial charge in [0.2, 0.25) is 5.91 Å². The Kier molecular flexibility index (Phi) is 5.55. The molecule has 37 heavy (non-hydrogen) atoms. The molecule has 1 amide bonds. The Bertz CT molecular complexity index is 1540. The fourth-order valence-corrected chi connectivity index (χ4v) is 4.37. The van der Waals surface area contributed by atoms with Crippen molar-refractivity contribution in [2.24, 2.45) is 0 Å². The molecule has 0 bridgehead atoms. The second-order valence-corrected chi connectivity index (χ2v) is 8.96. The Morgan fingerprint density at radius 3 is 2.59 bits per heavy atom. The van der Waals surface area contributed by atoms with Crippen molar-refractivity contribution in [3.05, 3.63) is 58.8 Å². The molecule has 0 saturated carbocycles. The lowest BCUT2D eigenvalue weighted by molar-refractivity contribution is -0.284. The molecule has 3 N–H and O–H groups in total. The van der Waals surface area contributed by atoms with Gasteiger partial charge in [0.25, 0.3) is 5.95 Å². The quantitative estimate of drug-likeness (QED) is 0.364. The highest BCUT2D eigenvalue weighted by Crippen LogP contribution is 2.44. The molecule has 15 heteroatoms. The number of hydrogen-bond donors (Lipinski definition) is 2. The van der Waals surface area contributed by atoms with E-state index in [1.807, 2.05) is 0 Å². The molecule has 9 nitrogen and oxygen atoms in total. The summed E-state index contributed by atoms with van der Waals surface area (Å²) in [6.45, 7) is 1.59. The Hall–Kier alpha value is -3.94. The van der Waals surface area contributed by atoms with Crippen molar-refractivity contribution in [3.63, 3.8) is 0 Å². The van der Waals surface area contributed by atoms with Gasteiger partial charge < -0.3 is 11.1 Å². The van der Waals surface area contributed by atoms with Crippen molar-refractivity contribution in [2.45, 2.75) is 37.3 Å². The first kappa shape index (κ1) is 24.7. The fourth-order valence-electron chi connectivity index (χ4n) is 4.20. The van der Waals surface area contributed by atoms with Gasteiger partial charge in [-0.1, -0.05) is 11.6 Å². The number of carbonyl (C=O) groups excluding carboxylic acids is 1. The second kappa shape index (κ2) is 8.30. The summed E-state index contributed by atoms with van der Waals surface area (Å²) in [5.74, 6) is -5.54.